The highest BCUT2D eigenvalue weighted by molar-refractivity contribution is 7.85. The van der Waals surface area contributed by atoms with Gasteiger partial charge < -0.3 is 5.32 Å². The van der Waals surface area contributed by atoms with Gasteiger partial charge in [0.25, 0.3) is 0 Å². The van der Waals surface area contributed by atoms with E-state index < -0.39 is 22.5 Å². The SMILES string of the molecule is C=C(F)/C(=C(F)\C=C(/C)NC(=O)Cc1ccc(S(=O)CC)cc1C)c1ccccc1C. The molecule has 0 saturated carbocycles. The van der Waals surface area contributed by atoms with Gasteiger partial charge in [-0.25, -0.2) is 8.78 Å². The summed E-state index contributed by atoms with van der Waals surface area (Å²) < 4.78 is 40.8. The van der Waals surface area contributed by atoms with Gasteiger partial charge in [0.2, 0.25) is 5.91 Å². The fourth-order valence-corrected chi connectivity index (χ4v) is 4.03. The molecule has 0 aromatic heterocycles. The Bertz CT molecular complexity index is 1090. The normalized spacial score (nSPS) is 13.4. The highest BCUT2D eigenvalue weighted by atomic mass is 32.2. The van der Waals surface area contributed by atoms with Crippen LogP contribution >= 0.6 is 0 Å². The standard InChI is InChI=1S/C25H27F2NO2S/c1-6-31(30)21-12-11-20(17(3)13-21)15-24(29)28-18(4)14-23(27)25(19(5)26)22-10-8-7-9-16(22)2/h7-14H,5-6,15H2,1-4H3,(H,28,29)/b18-14+,25-23-. The van der Waals surface area contributed by atoms with Gasteiger partial charge in [-0.3, -0.25) is 9.00 Å². The molecule has 0 saturated heterocycles. The Kier molecular flexibility index (Phi) is 8.63. The quantitative estimate of drug-likeness (QED) is 0.520. The van der Waals surface area contributed by atoms with Gasteiger partial charge in [-0.2, -0.15) is 0 Å². The molecule has 0 heterocycles. The zero-order valence-corrected chi connectivity index (χ0v) is 19.0. The molecule has 31 heavy (non-hydrogen) atoms. The van der Waals surface area contributed by atoms with Crippen LogP contribution in [0.15, 0.2) is 77.4 Å². The third-order valence-corrected chi connectivity index (χ3v) is 6.10. The highest BCUT2D eigenvalue weighted by Gasteiger charge is 2.15. The lowest BCUT2D eigenvalue weighted by molar-refractivity contribution is -0.119. The fourth-order valence-electron chi connectivity index (χ4n) is 3.17. The molecule has 0 aliphatic heterocycles. The van der Waals surface area contributed by atoms with Crippen LogP contribution in [0.2, 0.25) is 0 Å². The molecule has 0 spiro atoms. The van der Waals surface area contributed by atoms with E-state index in [1.54, 1.807) is 43.3 Å². The van der Waals surface area contributed by atoms with Crippen LogP contribution in [0.1, 0.15) is 36.1 Å². The van der Waals surface area contributed by atoms with Crippen molar-refractivity contribution in [1.29, 1.82) is 0 Å². The number of allylic oxidation sites excluding steroid dienone is 5. The van der Waals surface area contributed by atoms with E-state index in [-0.39, 0.29) is 23.6 Å². The zero-order chi connectivity index (χ0) is 23.1. The smallest absolute Gasteiger partial charge is 0.228 e. The van der Waals surface area contributed by atoms with Crippen molar-refractivity contribution in [3.63, 3.8) is 0 Å². The van der Waals surface area contributed by atoms with Crippen LogP contribution in [0.25, 0.3) is 5.57 Å². The number of nitrogens with one attached hydrogen (secondary N) is 1. The molecule has 0 bridgehead atoms. The molecule has 1 N–H and O–H groups in total. The second kappa shape index (κ2) is 11.0. The largest absolute Gasteiger partial charge is 0.330 e. The van der Waals surface area contributed by atoms with E-state index in [1.807, 2.05) is 19.9 Å². The van der Waals surface area contributed by atoms with Gasteiger partial charge in [0, 0.05) is 16.3 Å². The van der Waals surface area contributed by atoms with E-state index in [0.29, 0.717) is 16.9 Å². The summed E-state index contributed by atoms with van der Waals surface area (Å²) in [6, 6.07) is 12.2. The minimum Gasteiger partial charge on any atom is -0.330 e. The number of rotatable bonds is 8. The Labute approximate surface area is 185 Å². The summed E-state index contributed by atoms with van der Waals surface area (Å²) >= 11 is 0. The van der Waals surface area contributed by atoms with E-state index in [0.717, 1.165) is 22.1 Å². The Balaban J connectivity index is 2.19. The predicted octanol–water partition coefficient (Wildman–Crippen LogP) is 5.86. The first kappa shape index (κ1) is 24.4. The molecule has 1 amide bonds. The van der Waals surface area contributed by atoms with Gasteiger partial charge in [0.15, 0.2) is 0 Å². The molecule has 0 aliphatic rings. The Morgan fingerprint density at radius 1 is 1.13 bits per heavy atom. The van der Waals surface area contributed by atoms with Crippen molar-refractivity contribution in [2.24, 2.45) is 0 Å². The maximum atomic E-state index is 14.9. The van der Waals surface area contributed by atoms with Gasteiger partial charge in [-0.15, -0.1) is 0 Å². The number of hydrogen-bond acceptors (Lipinski definition) is 2. The van der Waals surface area contributed by atoms with Crippen LogP contribution in [-0.2, 0) is 22.0 Å². The minimum atomic E-state index is -1.06. The number of hydrogen-bond donors (Lipinski definition) is 1. The van der Waals surface area contributed by atoms with Gasteiger partial charge in [0.1, 0.15) is 11.7 Å². The van der Waals surface area contributed by atoms with Gasteiger partial charge in [-0.05, 0) is 61.2 Å². The summed E-state index contributed by atoms with van der Waals surface area (Å²) in [7, 11) is -1.06. The molecule has 3 nitrogen and oxygen atoms in total. The first-order valence-electron chi connectivity index (χ1n) is 9.90. The van der Waals surface area contributed by atoms with Gasteiger partial charge >= 0.3 is 0 Å². The Morgan fingerprint density at radius 3 is 2.39 bits per heavy atom. The molecule has 0 aliphatic carbocycles. The maximum Gasteiger partial charge on any atom is 0.228 e. The van der Waals surface area contributed by atoms with Crippen LogP contribution in [0.4, 0.5) is 8.78 Å². The zero-order valence-electron chi connectivity index (χ0n) is 18.2. The first-order valence-corrected chi connectivity index (χ1v) is 11.2. The van der Waals surface area contributed by atoms with E-state index in [2.05, 4.69) is 11.9 Å². The average Bonchev–Trinajstić information content (AvgIpc) is 2.70. The molecule has 2 aromatic carbocycles. The van der Waals surface area contributed by atoms with Crippen LogP contribution in [0.3, 0.4) is 0 Å². The van der Waals surface area contributed by atoms with Gasteiger partial charge in [0.05, 0.1) is 22.8 Å². The number of carbonyl (C=O) groups excluding carboxylic acids is 1. The van der Waals surface area contributed by atoms with Crippen molar-refractivity contribution in [2.45, 2.75) is 39.0 Å². The summed E-state index contributed by atoms with van der Waals surface area (Å²) in [5.74, 6) is -1.51. The van der Waals surface area contributed by atoms with Crippen LogP contribution < -0.4 is 5.32 Å². The van der Waals surface area contributed by atoms with E-state index in [4.69, 9.17) is 0 Å². The summed E-state index contributed by atoms with van der Waals surface area (Å²) in [5, 5.41) is 2.63. The number of halogens is 2. The summed E-state index contributed by atoms with van der Waals surface area (Å²) in [4.78, 5) is 13.1. The highest BCUT2D eigenvalue weighted by Crippen LogP contribution is 2.30. The molecule has 2 aromatic rings. The molecule has 0 radical (unpaired) electrons. The Morgan fingerprint density at radius 2 is 1.81 bits per heavy atom. The van der Waals surface area contributed by atoms with Crippen molar-refractivity contribution < 1.29 is 17.8 Å². The summed E-state index contributed by atoms with van der Waals surface area (Å²) in [5.41, 5.74) is 2.78. The number of aryl methyl sites for hydroxylation is 2. The lowest BCUT2D eigenvalue weighted by Crippen LogP contribution is -2.23. The number of carbonyl (C=O) groups is 1. The molecule has 164 valence electrons. The van der Waals surface area contributed by atoms with Crippen LogP contribution in [-0.4, -0.2) is 15.9 Å². The predicted molar refractivity (Wildman–Crippen MR) is 123 cm³/mol. The molecule has 2 rings (SSSR count). The lowest BCUT2D eigenvalue weighted by atomic mass is 9.99. The van der Waals surface area contributed by atoms with E-state index in [1.165, 1.54) is 6.92 Å². The molecule has 1 atom stereocenters. The summed E-state index contributed by atoms with van der Waals surface area (Å²) in [6.07, 6.45) is 1.17. The topological polar surface area (TPSA) is 46.2 Å². The molecular formula is C25H27F2NO2S. The monoisotopic (exact) mass is 443 g/mol. The van der Waals surface area contributed by atoms with Crippen molar-refractivity contribution in [2.75, 3.05) is 5.75 Å². The molecule has 6 heteroatoms. The van der Waals surface area contributed by atoms with Gasteiger partial charge in [-0.1, -0.05) is 43.8 Å². The number of benzene rings is 2. The van der Waals surface area contributed by atoms with E-state index >= 15 is 0 Å². The Hall–Kier alpha value is -2.86. The third kappa shape index (κ3) is 6.56. The summed E-state index contributed by atoms with van der Waals surface area (Å²) in [6.45, 7) is 10.2. The third-order valence-electron chi connectivity index (χ3n) is 4.79. The van der Waals surface area contributed by atoms with Crippen molar-refractivity contribution in [1.82, 2.24) is 5.32 Å². The van der Waals surface area contributed by atoms with Crippen molar-refractivity contribution in [3.8, 4) is 0 Å². The van der Waals surface area contributed by atoms with Crippen molar-refractivity contribution in [3.05, 3.63) is 94.7 Å². The van der Waals surface area contributed by atoms with Crippen LogP contribution in [0, 0.1) is 13.8 Å². The lowest BCUT2D eigenvalue weighted by Gasteiger charge is -2.11. The number of amides is 1. The van der Waals surface area contributed by atoms with E-state index in [9.17, 15) is 17.8 Å². The first-order chi connectivity index (χ1) is 14.6. The van der Waals surface area contributed by atoms with Crippen LogP contribution in [0.5, 0.6) is 0 Å². The molecule has 1 unspecified atom stereocenters. The fraction of sp³-hybridized carbons (Fsp3) is 0.240. The molecular weight excluding hydrogens is 416 g/mol. The average molecular weight is 444 g/mol. The second-order valence-electron chi connectivity index (χ2n) is 7.22. The minimum absolute atomic E-state index is 0.0852. The second-order valence-corrected chi connectivity index (χ2v) is 8.96. The molecule has 0 fully saturated rings. The van der Waals surface area contributed by atoms with Crippen molar-refractivity contribution >= 4 is 22.3 Å². The maximum absolute atomic E-state index is 14.9.